The predicted octanol–water partition coefficient (Wildman–Crippen LogP) is 27.6. The predicted molar refractivity (Wildman–Crippen MR) is 451 cm³/mol. The fraction of sp³-hybridized carbons (Fsp3) is 0.956. The average molecular weight is 1590 g/mol. The largest absolute Gasteiger partial charge is 0.472 e. The van der Waals surface area contributed by atoms with Gasteiger partial charge in [0.05, 0.1) is 26.4 Å². The van der Waals surface area contributed by atoms with Crippen LogP contribution in [0.2, 0.25) is 0 Å². The molecular formula is C90H176O17P2. The number of carbonyl (C=O) groups is 4. The second-order valence-electron chi connectivity index (χ2n) is 33.3. The van der Waals surface area contributed by atoms with Gasteiger partial charge in [-0.05, 0) is 43.4 Å². The maximum absolute atomic E-state index is 13.2. The van der Waals surface area contributed by atoms with E-state index in [-0.39, 0.29) is 25.7 Å². The first-order valence-corrected chi connectivity index (χ1v) is 49.4. The number of aliphatic hydroxyl groups excluding tert-OH is 1. The summed E-state index contributed by atoms with van der Waals surface area (Å²) in [5.41, 5.74) is 0. The van der Waals surface area contributed by atoms with E-state index >= 15 is 0 Å². The van der Waals surface area contributed by atoms with Crippen molar-refractivity contribution in [3.8, 4) is 0 Å². The standard InChI is InChI=1S/C90H176O17P2/c1-8-11-12-13-14-40-50-57-64-71-87(92)100-77-85(106-90(95)74-67-60-53-46-39-33-27-28-34-41-47-54-61-68-81(4)5)79-104-108(96,97)102-75-84(91)76-103-109(98,99)105-80-86(107-89(94)73-66-59-52-45-38-32-26-22-18-16-20-24-30-36-43-49-56-63-70-83(7)10-3)78-101-88(93)72-65-58-51-44-37-31-25-21-17-15-19-23-29-35-42-48-55-62-69-82(6)9-2/h81-86,91H,8-80H2,1-7H3,(H,96,97)(H,98,99)/t82?,83?,84-,85+,86+/m0/s1. The van der Waals surface area contributed by atoms with Crippen LogP contribution in [0.3, 0.4) is 0 Å². The molecule has 0 radical (unpaired) electrons. The van der Waals surface area contributed by atoms with Gasteiger partial charge >= 0.3 is 39.5 Å². The lowest BCUT2D eigenvalue weighted by Crippen LogP contribution is -2.30. The lowest BCUT2D eigenvalue weighted by Gasteiger charge is -2.21. The van der Waals surface area contributed by atoms with E-state index in [1.165, 1.54) is 289 Å². The smallest absolute Gasteiger partial charge is 0.462 e. The molecule has 0 aromatic rings. The van der Waals surface area contributed by atoms with Gasteiger partial charge in [-0.15, -0.1) is 0 Å². The van der Waals surface area contributed by atoms with Gasteiger partial charge < -0.3 is 33.8 Å². The fourth-order valence-corrected chi connectivity index (χ4v) is 15.6. The van der Waals surface area contributed by atoms with Gasteiger partial charge in [-0.25, -0.2) is 9.13 Å². The van der Waals surface area contributed by atoms with E-state index in [1.807, 2.05) is 0 Å². The summed E-state index contributed by atoms with van der Waals surface area (Å²) in [6.45, 7) is 12.1. The van der Waals surface area contributed by atoms with E-state index in [9.17, 15) is 43.2 Å². The zero-order chi connectivity index (χ0) is 80.0. The number of rotatable bonds is 88. The molecule has 17 nitrogen and oxygen atoms in total. The minimum Gasteiger partial charge on any atom is -0.462 e. The van der Waals surface area contributed by atoms with Crippen LogP contribution in [-0.2, 0) is 65.4 Å². The quantitative estimate of drug-likeness (QED) is 0.0222. The molecule has 3 N–H and O–H groups in total. The van der Waals surface area contributed by atoms with Gasteiger partial charge in [0.2, 0.25) is 0 Å². The number of esters is 4. The highest BCUT2D eigenvalue weighted by Crippen LogP contribution is 2.45. The molecule has 0 saturated carbocycles. The highest BCUT2D eigenvalue weighted by Gasteiger charge is 2.31. The number of carbonyl (C=O) groups excluding carboxylic acids is 4. The number of hydrogen-bond acceptors (Lipinski definition) is 15. The molecule has 109 heavy (non-hydrogen) atoms. The van der Waals surface area contributed by atoms with Gasteiger partial charge in [0.25, 0.3) is 0 Å². The van der Waals surface area contributed by atoms with Crippen LogP contribution in [0.4, 0.5) is 0 Å². The Morgan fingerprint density at radius 2 is 0.468 bits per heavy atom. The van der Waals surface area contributed by atoms with Crippen molar-refractivity contribution >= 4 is 39.5 Å². The summed E-state index contributed by atoms with van der Waals surface area (Å²) in [5.74, 6) is 0.430. The third kappa shape index (κ3) is 81.0. The Balaban J connectivity index is 5.20. The van der Waals surface area contributed by atoms with Crippen LogP contribution in [0.15, 0.2) is 0 Å². The Bertz CT molecular complexity index is 2100. The molecule has 648 valence electrons. The van der Waals surface area contributed by atoms with Crippen LogP contribution in [0, 0.1) is 17.8 Å². The van der Waals surface area contributed by atoms with Crippen LogP contribution >= 0.6 is 15.6 Å². The molecule has 4 unspecified atom stereocenters. The molecule has 0 fully saturated rings. The van der Waals surface area contributed by atoms with Crippen molar-refractivity contribution in [3.63, 3.8) is 0 Å². The van der Waals surface area contributed by atoms with E-state index in [1.54, 1.807) is 0 Å². The van der Waals surface area contributed by atoms with Crippen LogP contribution in [0.1, 0.15) is 479 Å². The number of phosphoric ester groups is 2. The van der Waals surface area contributed by atoms with Crippen molar-refractivity contribution in [2.75, 3.05) is 39.6 Å². The molecule has 7 atom stereocenters. The van der Waals surface area contributed by atoms with Crippen LogP contribution in [-0.4, -0.2) is 96.7 Å². The number of unbranched alkanes of at least 4 members (excludes halogenated alkanes) is 54. The fourth-order valence-electron chi connectivity index (χ4n) is 14.0. The lowest BCUT2D eigenvalue weighted by atomic mass is 9.99. The maximum atomic E-state index is 13.2. The first-order chi connectivity index (χ1) is 52.8. The molecule has 0 aromatic carbocycles. The highest BCUT2D eigenvalue weighted by atomic mass is 31.2. The van der Waals surface area contributed by atoms with Crippen molar-refractivity contribution in [1.29, 1.82) is 0 Å². The van der Waals surface area contributed by atoms with Crippen molar-refractivity contribution < 1.29 is 80.2 Å². The van der Waals surface area contributed by atoms with E-state index < -0.39 is 97.5 Å². The molecule has 0 aromatic heterocycles. The monoisotopic (exact) mass is 1590 g/mol. The molecule has 0 aliphatic carbocycles. The Morgan fingerprint density at radius 3 is 0.697 bits per heavy atom. The van der Waals surface area contributed by atoms with E-state index in [0.717, 1.165) is 108 Å². The zero-order valence-electron chi connectivity index (χ0n) is 72.0. The maximum Gasteiger partial charge on any atom is 0.472 e. The highest BCUT2D eigenvalue weighted by molar-refractivity contribution is 7.47. The van der Waals surface area contributed by atoms with E-state index in [2.05, 4.69) is 48.5 Å². The summed E-state index contributed by atoms with van der Waals surface area (Å²) in [5, 5.41) is 10.7. The molecule has 0 saturated heterocycles. The number of ether oxygens (including phenoxy) is 4. The SMILES string of the molecule is CCCCCCCCCCCC(=O)OC[C@H](COP(=O)(O)OC[C@H](O)COP(=O)(O)OC[C@@H](COC(=O)CCCCCCCCCCCCCCCCCCCCC(C)CC)OC(=O)CCCCCCCCCCCCCCCCCCCCC(C)CC)OC(=O)CCCCCCCCCCCCCCCC(C)C. The molecule has 19 heteroatoms. The molecule has 0 aliphatic heterocycles. The summed E-state index contributed by atoms with van der Waals surface area (Å²) in [6, 6.07) is 0. The summed E-state index contributed by atoms with van der Waals surface area (Å²) in [4.78, 5) is 73.3. The molecule has 0 aliphatic rings. The van der Waals surface area contributed by atoms with Gasteiger partial charge in [-0.3, -0.25) is 37.3 Å². The Labute approximate surface area is 670 Å². The average Bonchev–Trinajstić information content (AvgIpc) is 0.900. The second kappa shape index (κ2) is 79.9. The number of aliphatic hydroxyl groups is 1. The van der Waals surface area contributed by atoms with Crippen LogP contribution < -0.4 is 0 Å². The van der Waals surface area contributed by atoms with Gasteiger partial charge in [0.15, 0.2) is 12.2 Å². The first-order valence-electron chi connectivity index (χ1n) is 46.4. The molecule has 0 amide bonds. The lowest BCUT2D eigenvalue weighted by molar-refractivity contribution is -0.161. The minimum absolute atomic E-state index is 0.107. The Hall–Kier alpha value is -1.94. The third-order valence-corrected chi connectivity index (χ3v) is 23.8. The van der Waals surface area contributed by atoms with Crippen molar-refractivity contribution in [1.82, 2.24) is 0 Å². The minimum atomic E-state index is -4.97. The van der Waals surface area contributed by atoms with E-state index in [0.29, 0.717) is 25.7 Å². The van der Waals surface area contributed by atoms with Crippen molar-refractivity contribution in [2.45, 2.75) is 497 Å². The number of phosphoric acid groups is 2. The molecule has 0 spiro atoms. The summed E-state index contributed by atoms with van der Waals surface area (Å²) >= 11 is 0. The molecule has 0 rings (SSSR count). The summed E-state index contributed by atoms with van der Waals surface area (Å²) in [6.07, 6.45) is 72.2. The topological polar surface area (TPSA) is 237 Å². The molecular weight excluding hydrogens is 1410 g/mol. The molecule has 0 heterocycles. The Kier molecular flexibility index (Phi) is 78.5. The third-order valence-electron chi connectivity index (χ3n) is 21.9. The second-order valence-corrected chi connectivity index (χ2v) is 36.2. The van der Waals surface area contributed by atoms with Crippen LogP contribution in [0.5, 0.6) is 0 Å². The normalized spacial score (nSPS) is 14.3. The van der Waals surface area contributed by atoms with Gasteiger partial charge in [0.1, 0.15) is 19.3 Å². The summed E-state index contributed by atoms with van der Waals surface area (Å²) < 4.78 is 69.0. The number of hydrogen-bond donors (Lipinski definition) is 3. The Morgan fingerprint density at radius 1 is 0.266 bits per heavy atom. The van der Waals surface area contributed by atoms with Gasteiger partial charge in [-0.2, -0.15) is 0 Å². The van der Waals surface area contributed by atoms with Crippen molar-refractivity contribution in [3.05, 3.63) is 0 Å². The zero-order valence-corrected chi connectivity index (χ0v) is 73.8. The van der Waals surface area contributed by atoms with Crippen molar-refractivity contribution in [2.24, 2.45) is 17.8 Å². The first kappa shape index (κ1) is 107. The van der Waals surface area contributed by atoms with E-state index in [4.69, 9.17) is 37.0 Å². The van der Waals surface area contributed by atoms with Gasteiger partial charge in [0, 0.05) is 25.7 Å². The molecule has 0 bridgehead atoms. The van der Waals surface area contributed by atoms with Gasteiger partial charge in [-0.1, -0.05) is 427 Å². The van der Waals surface area contributed by atoms with Crippen LogP contribution in [0.25, 0.3) is 0 Å². The summed E-state index contributed by atoms with van der Waals surface area (Å²) in [7, 11) is -9.93.